The van der Waals surface area contributed by atoms with Gasteiger partial charge < -0.3 is 15.5 Å². The molecule has 0 spiro atoms. The number of fused-ring (bicyclic) bond motifs is 1. The molecule has 9 nitrogen and oxygen atoms in total. The van der Waals surface area contributed by atoms with Crippen LogP contribution in [0, 0.1) is 12.8 Å². The van der Waals surface area contributed by atoms with Gasteiger partial charge in [-0.3, -0.25) is 14.6 Å². The van der Waals surface area contributed by atoms with Crippen LogP contribution in [-0.4, -0.2) is 44.6 Å². The van der Waals surface area contributed by atoms with Gasteiger partial charge in [0.05, 0.1) is 11.2 Å². The molecule has 36 heavy (non-hydrogen) atoms. The van der Waals surface area contributed by atoms with Crippen LogP contribution in [0.2, 0.25) is 0 Å². The molecule has 1 aliphatic heterocycles. The average Bonchev–Trinajstić information content (AvgIpc) is 3.37. The van der Waals surface area contributed by atoms with Gasteiger partial charge in [-0.05, 0) is 62.3 Å². The van der Waals surface area contributed by atoms with Crippen molar-refractivity contribution < 1.29 is 14.4 Å². The van der Waals surface area contributed by atoms with Crippen molar-refractivity contribution in [3.63, 3.8) is 0 Å². The lowest BCUT2D eigenvalue weighted by atomic mass is 9.81. The van der Waals surface area contributed by atoms with Crippen molar-refractivity contribution in [3.8, 4) is 0 Å². The number of aryl methyl sites for hydroxylation is 1. The second-order valence-corrected chi connectivity index (χ2v) is 9.55. The van der Waals surface area contributed by atoms with Gasteiger partial charge in [-0.1, -0.05) is 23.4 Å². The van der Waals surface area contributed by atoms with Crippen molar-refractivity contribution in [2.75, 3.05) is 0 Å². The van der Waals surface area contributed by atoms with E-state index in [0.717, 1.165) is 47.9 Å². The standard InChI is InChI=1S/C27H30N6O3/c1-16-30-23(24-14-26(36-33-24)18-7-9-20(10-8-18)32-17(2)34)13-25(31-16)27(35)29-15-19-11-12-28-22-6-4-3-5-21(19)22/h3-6,11-13,18,20,26H,7-10,14-15H2,1-2H3,(H,29,35)(H,32,34). The van der Waals surface area contributed by atoms with Gasteiger partial charge in [0.2, 0.25) is 5.91 Å². The van der Waals surface area contributed by atoms with Crippen LogP contribution in [-0.2, 0) is 16.2 Å². The maximum atomic E-state index is 13.0. The fourth-order valence-electron chi connectivity index (χ4n) is 5.13. The zero-order valence-electron chi connectivity index (χ0n) is 20.5. The number of oxime groups is 1. The minimum absolute atomic E-state index is 0.00852. The first kappa shape index (κ1) is 23.8. The second-order valence-electron chi connectivity index (χ2n) is 9.55. The topological polar surface area (TPSA) is 118 Å². The minimum Gasteiger partial charge on any atom is -0.391 e. The van der Waals surface area contributed by atoms with Gasteiger partial charge in [0.25, 0.3) is 5.91 Å². The normalized spacial score (nSPS) is 21.5. The fourth-order valence-corrected chi connectivity index (χ4v) is 5.13. The van der Waals surface area contributed by atoms with E-state index in [1.807, 2.05) is 30.3 Å². The predicted molar refractivity (Wildman–Crippen MR) is 135 cm³/mol. The molecule has 5 rings (SSSR count). The summed E-state index contributed by atoms with van der Waals surface area (Å²) in [6.45, 7) is 3.70. The summed E-state index contributed by atoms with van der Waals surface area (Å²) in [6.07, 6.45) is 6.25. The Morgan fingerprint density at radius 3 is 2.69 bits per heavy atom. The monoisotopic (exact) mass is 486 g/mol. The summed E-state index contributed by atoms with van der Waals surface area (Å²) in [6, 6.07) is 11.7. The number of nitrogens with zero attached hydrogens (tertiary/aromatic N) is 4. The summed E-state index contributed by atoms with van der Waals surface area (Å²) in [5.74, 6) is 0.649. The van der Waals surface area contributed by atoms with E-state index >= 15 is 0 Å². The number of amides is 2. The van der Waals surface area contributed by atoms with E-state index in [9.17, 15) is 9.59 Å². The number of nitrogens with one attached hydrogen (secondary N) is 2. The lowest BCUT2D eigenvalue weighted by Gasteiger charge is -2.31. The van der Waals surface area contributed by atoms with Crippen molar-refractivity contribution in [1.82, 2.24) is 25.6 Å². The van der Waals surface area contributed by atoms with Crippen LogP contribution in [0.4, 0.5) is 0 Å². The molecule has 1 unspecified atom stereocenters. The number of para-hydroxylation sites is 1. The SMILES string of the molecule is CC(=O)NC1CCC(C2CC(c3cc(C(=O)NCc4ccnc5ccccc45)nc(C)n3)=NO2)CC1. The van der Waals surface area contributed by atoms with E-state index in [1.54, 1.807) is 26.1 Å². The minimum atomic E-state index is -0.269. The Bertz CT molecular complexity index is 1310. The third kappa shape index (κ3) is 5.35. The molecule has 9 heteroatoms. The number of rotatable bonds is 6. The maximum absolute atomic E-state index is 13.0. The summed E-state index contributed by atoms with van der Waals surface area (Å²) in [7, 11) is 0. The number of carbonyl (C=O) groups is 2. The van der Waals surface area contributed by atoms with Crippen LogP contribution >= 0.6 is 0 Å². The molecular formula is C27H30N6O3. The van der Waals surface area contributed by atoms with Gasteiger partial charge in [-0.2, -0.15) is 0 Å². The van der Waals surface area contributed by atoms with E-state index < -0.39 is 0 Å². The third-order valence-electron chi connectivity index (χ3n) is 6.94. The average molecular weight is 487 g/mol. The highest BCUT2D eigenvalue weighted by Gasteiger charge is 2.34. The zero-order valence-corrected chi connectivity index (χ0v) is 20.5. The Hall–Kier alpha value is -3.88. The Morgan fingerprint density at radius 1 is 1.08 bits per heavy atom. The zero-order chi connectivity index (χ0) is 25.1. The highest BCUT2D eigenvalue weighted by Crippen LogP contribution is 2.33. The summed E-state index contributed by atoms with van der Waals surface area (Å²) >= 11 is 0. The van der Waals surface area contributed by atoms with E-state index in [0.29, 0.717) is 36.1 Å². The largest absolute Gasteiger partial charge is 0.391 e. The number of aromatic nitrogens is 3. The molecule has 2 aromatic heterocycles. The van der Waals surface area contributed by atoms with Gasteiger partial charge in [0.1, 0.15) is 23.3 Å². The molecule has 0 bridgehead atoms. The quantitative estimate of drug-likeness (QED) is 0.551. The molecule has 1 aliphatic carbocycles. The van der Waals surface area contributed by atoms with Crippen LogP contribution in [0.3, 0.4) is 0 Å². The molecule has 3 heterocycles. The van der Waals surface area contributed by atoms with E-state index in [1.165, 1.54) is 0 Å². The Labute approximate surface area is 209 Å². The van der Waals surface area contributed by atoms with Gasteiger partial charge in [0.15, 0.2) is 0 Å². The van der Waals surface area contributed by atoms with Gasteiger partial charge in [0, 0.05) is 37.5 Å². The van der Waals surface area contributed by atoms with Crippen molar-refractivity contribution in [3.05, 3.63) is 65.4 Å². The Balaban J connectivity index is 1.22. The van der Waals surface area contributed by atoms with Crippen LogP contribution in [0.5, 0.6) is 0 Å². The van der Waals surface area contributed by atoms with Crippen LogP contribution < -0.4 is 10.6 Å². The molecule has 2 aliphatic rings. The van der Waals surface area contributed by atoms with Gasteiger partial charge >= 0.3 is 0 Å². The van der Waals surface area contributed by atoms with E-state index in [-0.39, 0.29) is 24.0 Å². The molecule has 1 aromatic carbocycles. The Morgan fingerprint density at radius 2 is 1.89 bits per heavy atom. The summed E-state index contributed by atoms with van der Waals surface area (Å²) in [5.41, 5.74) is 3.55. The van der Waals surface area contributed by atoms with E-state index in [2.05, 4.69) is 30.7 Å². The summed E-state index contributed by atoms with van der Waals surface area (Å²) in [5, 5.41) is 11.3. The lowest BCUT2D eigenvalue weighted by molar-refractivity contribution is -0.120. The van der Waals surface area contributed by atoms with Crippen molar-refractivity contribution in [1.29, 1.82) is 0 Å². The van der Waals surface area contributed by atoms with Gasteiger partial charge in [-0.25, -0.2) is 9.97 Å². The summed E-state index contributed by atoms with van der Waals surface area (Å²) < 4.78 is 0. The molecule has 1 fully saturated rings. The molecule has 1 atom stereocenters. The van der Waals surface area contributed by atoms with Crippen LogP contribution in [0.1, 0.15) is 66.6 Å². The lowest BCUT2D eigenvalue weighted by Crippen LogP contribution is -2.38. The van der Waals surface area contributed by atoms with Crippen molar-refractivity contribution >= 4 is 28.4 Å². The second kappa shape index (κ2) is 10.4. The van der Waals surface area contributed by atoms with Crippen molar-refractivity contribution in [2.24, 2.45) is 11.1 Å². The maximum Gasteiger partial charge on any atom is 0.270 e. The molecule has 2 amide bonds. The number of hydrogen-bond acceptors (Lipinski definition) is 7. The van der Waals surface area contributed by atoms with Gasteiger partial charge in [-0.15, -0.1) is 0 Å². The molecule has 2 N–H and O–H groups in total. The molecule has 3 aromatic rings. The fraction of sp³-hybridized carbons (Fsp3) is 0.407. The van der Waals surface area contributed by atoms with E-state index in [4.69, 9.17) is 4.84 Å². The number of benzene rings is 1. The highest BCUT2D eigenvalue weighted by molar-refractivity contribution is 6.02. The van der Waals surface area contributed by atoms with Crippen LogP contribution in [0.15, 0.2) is 47.8 Å². The smallest absolute Gasteiger partial charge is 0.270 e. The Kier molecular flexibility index (Phi) is 6.88. The molecule has 186 valence electrons. The highest BCUT2D eigenvalue weighted by atomic mass is 16.6. The van der Waals surface area contributed by atoms with Crippen molar-refractivity contribution in [2.45, 2.75) is 64.6 Å². The molecule has 0 saturated heterocycles. The molecular weight excluding hydrogens is 456 g/mol. The predicted octanol–water partition coefficient (Wildman–Crippen LogP) is 3.45. The number of pyridine rings is 1. The molecule has 0 radical (unpaired) electrons. The first-order valence-corrected chi connectivity index (χ1v) is 12.4. The first-order valence-electron chi connectivity index (χ1n) is 12.4. The summed E-state index contributed by atoms with van der Waals surface area (Å²) in [4.78, 5) is 43.3. The molecule has 1 saturated carbocycles. The van der Waals surface area contributed by atoms with Crippen LogP contribution in [0.25, 0.3) is 10.9 Å². The number of hydrogen-bond donors (Lipinski definition) is 2. The first-order chi connectivity index (χ1) is 17.5. The third-order valence-corrected chi connectivity index (χ3v) is 6.94. The number of carbonyl (C=O) groups excluding carboxylic acids is 2.